The van der Waals surface area contributed by atoms with Crippen molar-refractivity contribution in [2.45, 2.75) is 26.3 Å². The number of anilines is 1. The van der Waals surface area contributed by atoms with Crippen LogP contribution in [0.3, 0.4) is 0 Å². The zero-order valence-corrected chi connectivity index (χ0v) is 11.2. The van der Waals surface area contributed by atoms with E-state index in [0.29, 0.717) is 13.0 Å². The minimum Gasteiger partial charge on any atom is -0.378 e. The summed E-state index contributed by atoms with van der Waals surface area (Å²) in [5.74, 6) is 0.995. The molecule has 1 N–H and O–H groups in total. The zero-order chi connectivity index (χ0) is 13.5. The summed E-state index contributed by atoms with van der Waals surface area (Å²) < 4.78 is 2.04. The molecule has 0 saturated carbocycles. The van der Waals surface area contributed by atoms with Gasteiger partial charge in [-0.2, -0.15) is 0 Å². The molecule has 0 radical (unpaired) electrons. The largest absolute Gasteiger partial charge is 0.378 e. The van der Waals surface area contributed by atoms with Crippen LogP contribution in [0.5, 0.6) is 0 Å². The molecule has 100 valence electrons. The Bertz CT molecular complexity index is 519. The highest BCUT2D eigenvalue weighted by atomic mass is 16.1. The van der Waals surface area contributed by atoms with Crippen molar-refractivity contribution >= 4 is 11.5 Å². The van der Waals surface area contributed by atoms with Crippen LogP contribution in [0.1, 0.15) is 19.2 Å². The molecule has 0 spiro atoms. The van der Waals surface area contributed by atoms with Gasteiger partial charge in [-0.1, -0.05) is 25.1 Å². The van der Waals surface area contributed by atoms with E-state index in [0.717, 1.165) is 24.5 Å². The van der Waals surface area contributed by atoms with Gasteiger partial charge in [-0.05, 0) is 18.6 Å². The zero-order valence-electron chi connectivity index (χ0n) is 11.2. The fraction of sp³-hybridized carbons (Fsp3) is 0.333. The molecule has 0 aliphatic carbocycles. The number of nitrogens with one attached hydrogen (secondary N) is 1. The number of ketones is 1. The SMILES string of the molecule is CCCn1ccnc1CC(=O)CNc1ccccc1. The van der Waals surface area contributed by atoms with E-state index in [1.165, 1.54) is 0 Å². The Labute approximate surface area is 113 Å². The van der Waals surface area contributed by atoms with Crippen LogP contribution in [-0.4, -0.2) is 21.9 Å². The molecule has 0 saturated heterocycles. The number of hydrogen-bond acceptors (Lipinski definition) is 3. The number of hydrogen-bond donors (Lipinski definition) is 1. The molecule has 19 heavy (non-hydrogen) atoms. The molecular weight excluding hydrogens is 238 g/mol. The van der Waals surface area contributed by atoms with Crippen molar-refractivity contribution in [1.82, 2.24) is 9.55 Å². The topological polar surface area (TPSA) is 46.9 Å². The monoisotopic (exact) mass is 257 g/mol. The Morgan fingerprint density at radius 3 is 2.84 bits per heavy atom. The molecule has 0 amide bonds. The molecule has 4 nitrogen and oxygen atoms in total. The van der Waals surface area contributed by atoms with Gasteiger partial charge >= 0.3 is 0 Å². The lowest BCUT2D eigenvalue weighted by molar-refractivity contribution is -0.116. The molecule has 4 heteroatoms. The fourth-order valence-electron chi connectivity index (χ4n) is 1.95. The first kappa shape index (κ1) is 13.3. The molecule has 0 aliphatic heterocycles. The minimum atomic E-state index is 0.146. The van der Waals surface area contributed by atoms with Gasteiger partial charge in [0.15, 0.2) is 5.78 Å². The van der Waals surface area contributed by atoms with E-state index in [2.05, 4.69) is 17.2 Å². The number of nitrogens with zero attached hydrogens (tertiary/aromatic N) is 2. The molecule has 1 aromatic carbocycles. The predicted molar refractivity (Wildman–Crippen MR) is 76.2 cm³/mol. The van der Waals surface area contributed by atoms with Crippen LogP contribution in [0.2, 0.25) is 0 Å². The van der Waals surface area contributed by atoms with Crippen molar-refractivity contribution in [1.29, 1.82) is 0 Å². The number of imidazole rings is 1. The molecule has 0 aliphatic rings. The van der Waals surface area contributed by atoms with E-state index >= 15 is 0 Å². The Morgan fingerprint density at radius 2 is 2.11 bits per heavy atom. The van der Waals surface area contributed by atoms with E-state index in [4.69, 9.17) is 0 Å². The van der Waals surface area contributed by atoms with Crippen LogP contribution in [0.4, 0.5) is 5.69 Å². The maximum absolute atomic E-state index is 11.9. The highest BCUT2D eigenvalue weighted by Gasteiger charge is 2.08. The number of aryl methyl sites for hydroxylation is 1. The molecular formula is C15H19N3O. The summed E-state index contributed by atoms with van der Waals surface area (Å²) in [7, 11) is 0. The summed E-state index contributed by atoms with van der Waals surface area (Å²) in [6.07, 6.45) is 5.10. The van der Waals surface area contributed by atoms with Gasteiger partial charge in [-0.3, -0.25) is 4.79 Å². The Balaban J connectivity index is 1.85. The van der Waals surface area contributed by atoms with Crippen molar-refractivity contribution in [3.63, 3.8) is 0 Å². The van der Waals surface area contributed by atoms with Gasteiger partial charge in [-0.25, -0.2) is 4.98 Å². The second kappa shape index (κ2) is 6.73. The molecule has 2 aromatic rings. The molecule has 0 fully saturated rings. The minimum absolute atomic E-state index is 0.146. The van der Waals surface area contributed by atoms with Gasteiger partial charge in [0.2, 0.25) is 0 Å². The predicted octanol–water partition coefficient (Wildman–Crippen LogP) is 2.52. The van der Waals surface area contributed by atoms with Gasteiger partial charge in [0.05, 0.1) is 13.0 Å². The van der Waals surface area contributed by atoms with Crippen LogP contribution >= 0.6 is 0 Å². The second-order valence-corrected chi connectivity index (χ2v) is 4.47. The Hall–Kier alpha value is -2.10. The third-order valence-electron chi connectivity index (χ3n) is 2.88. The van der Waals surface area contributed by atoms with Gasteiger partial charge in [-0.15, -0.1) is 0 Å². The number of rotatable bonds is 7. The van der Waals surface area contributed by atoms with Crippen molar-refractivity contribution in [3.05, 3.63) is 48.5 Å². The number of Topliss-reactive ketones (excluding diaryl/α,β-unsaturated/α-hetero) is 1. The number of carbonyl (C=O) groups is 1. The van der Waals surface area contributed by atoms with E-state index in [1.54, 1.807) is 6.20 Å². The van der Waals surface area contributed by atoms with E-state index in [-0.39, 0.29) is 5.78 Å². The molecule has 0 atom stereocenters. The number of carbonyl (C=O) groups excluding carboxylic acids is 1. The first-order valence-electron chi connectivity index (χ1n) is 6.60. The van der Waals surface area contributed by atoms with Crippen LogP contribution in [0.15, 0.2) is 42.7 Å². The first-order valence-corrected chi connectivity index (χ1v) is 6.60. The summed E-state index contributed by atoms with van der Waals surface area (Å²) in [4.78, 5) is 16.2. The third-order valence-corrected chi connectivity index (χ3v) is 2.88. The first-order chi connectivity index (χ1) is 9.29. The fourth-order valence-corrected chi connectivity index (χ4v) is 1.95. The maximum Gasteiger partial charge on any atom is 0.159 e. The van der Waals surface area contributed by atoms with E-state index in [9.17, 15) is 4.79 Å². The number of aromatic nitrogens is 2. The smallest absolute Gasteiger partial charge is 0.159 e. The quantitative estimate of drug-likeness (QED) is 0.829. The molecule has 1 aromatic heterocycles. The van der Waals surface area contributed by atoms with Gasteiger partial charge in [0.1, 0.15) is 5.82 Å². The highest BCUT2D eigenvalue weighted by Crippen LogP contribution is 2.05. The van der Waals surface area contributed by atoms with Crippen LogP contribution in [0, 0.1) is 0 Å². The Morgan fingerprint density at radius 1 is 1.32 bits per heavy atom. The summed E-state index contributed by atoms with van der Waals surface area (Å²) in [5.41, 5.74) is 0.966. The van der Waals surface area contributed by atoms with Crippen LogP contribution in [0.25, 0.3) is 0 Å². The standard InChI is InChI=1S/C15H19N3O/c1-2-9-18-10-8-16-15(18)11-14(19)12-17-13-6-4-3-5-7-13/h3-8,10,17H,2,9,11-12H2,1H3. The third kappa shape index (κ3) is 3.95. The lowest BCUT2D eigenvalue weighted by atomic mass is 10.2. The Kier molecular flexibility index (Phi) is 4.72. The van der Waals surface area contributed by atoms with Gasteiger partial charge in [0.25, 0.3) is 0 Å². The van der Waals surface area contributed by atoms with Gasteiger partial charge in [0, 0.05) is 24.6 Å². The summed E-state index contributed by atoms with van der Waals surface area (Å²) >= 11 is 0. The molecule has 0 unspecified atom stereocenters. The summed E-state index contributed by atoms with van der Waals surface area (Å²) in [6.45, 7) is 3.36. The number of benzene rings is 1. The van der Waals surface area contributed by atoms with Crippen molar-refractivity contribution in [2.24, 2.45) is 0 Å². The van der Waals surface area contributed by atoms with Gasteiger partial charge < -0.3 is 9.88 Å². The van der Waals surface area contributed by atoms with Crippen molar-refractivity contribution < 1.29 is 4.79 Å². The summed E-state index contributed by atoms with van der Waals surface area (Å²) in [5, 5.41) is 3.12. The second-order valence-electron chi connectivity index (χ2n) is 4.47. The lowest BCUT2D eigenvalue weighted by Gasteiger charge is -2.07. The van der Waals surface area contributed by atoms with Crippen LogP contribution in [-0.2, 0) is 17.8 Å². The van der Waals surface area contributed by atoms with Crippen molar-refractivity contribution in [2.75, 3.05) is 11.9 Å². The average Bonchev–Trinajstić information content (AvgIpc) is 2.85. The lowest BCUT2D eigenvalue weighted by Crippen LogP contribution is -2.18. The summed E-state index contributed by atoms with van der Waals surface area (Å²) in [6, 6.07) is 9.74. The molecule has 1 heterocycles. The normalized spacial score (nSPS) is 10.4. The highest BCUT2D eigenvalue weighted by molar-refractivity contribution is 5.84. The molecule has 2 rings (SSSR count). The maximum atomic E-state index is 11.9. The molecule has 0 bridgehead atoms. The van der Waals surface area contributed by atoms with Crippen molar-refractivity contribution in [3.8, 4) is 0 Å². The average molecular weight is 257 g/mol. The van der Waals surface area contributed by atoms with Crippen LogP contribution < -0.4 is 5.32 Å². The van der Waals surface area contributed by atoms with E-state index in [1.807, 2.05) is 41.1 Å². The number of para-hydroxylation sites is 1. The van der Waals surface area contributed by atoms with E-state index < -0.39 is 0 Å².